The smallest absolute Gasteiger partial charge is 0.272 e. The van der Waals surface area contributed by atoms with Crippen LogP contribution in [0.1, 0.15) is 33.9 Å². The van der Waals surface area contributed by atoms with Gasteiger partial charge in [-0.1, -0.05) is 24.3 Å². The molecule has 4 aromatic rings. The van der Waals surface area contributed by atoms with Crippen LogP contribution >= 0.6 is 11.3 Å². The number of nitrogens with one attached hydrogen (secondary N) is 2. The Bertz CT molecular complexity index is 1350. The number of aromatic nitrogens is 3. The van der Waals surface area contributed by atoms with E-state index < -0.39 is 17.4 Å². The number of nitrogens with zero attached hydrogens (tertiary/aromatic N) is 3. The summed E-state index contributed by atoms with van der Waals surface area (Å²) < 4.78 is 14.9. The largest absolute Gasteiger partial charge is 0.343 e. The number of hydrogen-bond donors (Lipinski definition) is 2. The second-order valence-corrected chi connectivity index (χ2v) is 8.48. The Hall–Kier alpha value is -3.69. The zero-order valence-corrected chi connectivity index (χ0v) is 18.9. The van der Waals surface area contributed by atoms with Crippen molar-refractivity contribution in [1.82, 2.24) is 25.4 Å². The van der Waals surface area contributed by atoms with Gasteiger partial charge in [0.05, 0.1) is 6.04 Å². The molecule has 3 heterocycles. The molecule has 4 rings (SSSR count). The topological polar surface area (TPSA) is 88.9 Å². The van der Waals surface area contributed by atoms with Crippen LogP contribution in [0.15, 0.2) is 71.7 Å². The molecule has 0 aliphatic rings. The first-order valence-corrected chi connectivity index (χ1v) is 11.1. The van der Waals surface area contributed by atoms with E-state index in [9.17, 15) is 14.0 Å². The van der Waals surface area contributed by atoms with Gasteiger partial charge in [0.25, 0.3) is 11.5 Å². The van der Waals surface area contributed by atoms with E-state index in [0.717, 1.165) is 26.5 Å². The summed E-state index contributed by atoms with van der Waals surface area (Å²) in [6, 6.07) is 17.3. The molecule has 3 aromatic heterocycles. The second-order valence-electron chi connectivity index (χ2n) is 7.37. The van der Waals surface area contributed by atoms with Crippen LogP contribution in [0.25, 0.3) is 16.1 Å². The van der Waals surface area contributed by atoms with Crippen molar-refractivity contribution in [3.63, 3.8) is 0 Å². The van der Waals surface area contributed by atoms with Gasteiger partial charge < -0.3 is 10.6 Å². The van der Waals surface area contributed by atoms with Crippen LogP contribution in [-0.4, -0.2) is 27.7 Å². The Labute approximate surface area is 193 Å². The van der Waals surface area contributed by atoms with E-state index in [4.69, 9.17) is 0 Å². The number of hydrogen-bond acceptors (Lipinski definition) is 6. The van der Waals surface area contributed by atoms with Crippen LogP contribution < -0.4 is 16.2 Å². The minimum atomic E-state index is -0.845. The molecule has 0 aliphatic carbocycles. The van der Waals surface area contributed by atoms with E-state index in [-0.39, 0.29) is 17.4 Å². The van der Waals surface area contributed by atoms with E-state index in [2.05, 4.69) is 32.8 Å². The molecule has 0 fully saturated rings. The molecule has 1 aromatic carbocycles. The average Bonchev–Trinajstić information content (AvgIpc) is 3.31. The fourth-order valence-corrected chi connectivity index (χ4v) is 4.49. The maximum Gasteiger partial charge on any atom is 0.272 e. The number of amides is 1. The van der Waals surface area contributed by atoms with E-state index in [1.54, 1.807) is 11.3 Å². The van der Waals surface area contributed by atoms with E-state index in [1.165, 1.54) is 36.0 Å². The molecule has 9 heteroatoms. The minimum absolute atomic E-state index is 0.000786. The SMILES string of the molecule is CNCc1ccccc1-c1ccc([C@@H](C)NC(=O)c2ccc(=O)n(-c3cccnc3F)n2)s1. The Morgan fingerprint density at radius 3 is 2.73 bits per heavy atom. The number of benzene rings is 1. The Balaban J connectivity index is 1.54. The maximum absolute atomic E-state index is 14.0. The summed E-state index contributed by atoms with van der Waals surface area (Å²) in [6.45, 7) is 2.64. The van der Waals surface area contributed by atoms with Crippen molar-refractivity contribution < 1.29 is 9.18 Å². The van der Waals surface area contributed by atoms with E-state index >= 15 is 0 Å². The quantitative estimate of drug-likeness (QED) is 0.408. The molecule has 1 amide bonds. The normalized spacial score (nSPS) is 11.8. The number of carbonyl (C=O) groups is 1. The lowest BCUT2D eigenvalue weighted by Crippen LogP contribution is -2.30. The summed E-state index contributed by atoms with van der Waals surface area (Å²) in [7, 11) is 1.91. The lowest BCUT2D eigenvalue weighted by Gasteiger charge is -2.13. The van der Waals surface area contributed by atoms with Crippen LogP contribution in [0.2, 0.25) is 0 Å². The van der Waals surface area contributed by atoms with Crippen LogP contribution in [0.4, 0.5) is 4.39 Å². The molecule has 0 saturated carbocycles. The first kappa shape index (κ1) is 22.5. The maximum atomic E-state index is 14.0. The van der Waals surface area contributed by atoms with Gasteiger partial charge in [0.1, 0.15) is 11.4 Å². The average molecular weight is 464 g/mol. The van der Waals surface area contributed by atoms with Gasteiger partial charge in [0.2, 0.25) is 5.95 Å². The van der Waals surface area contributed by atoms with Gasteiger partial charge >= 0.3 is 0 Å². The predicted molar refractivity (Wildman–Crippen MR) is 126 cm³/mol. The molecular weight excluding hydrogens is 441 g/mol. The number of carbonyl (C=O) groups excluding carboxylic acids is 1. The highest BCUT2D eigenvalue weighted by Gasteiger charge is 2.18. The second kappa shape index (κ2) is 9.85. The Morgan fingerprint density at radius 1 is 1.12 bits per heavy atom. The fraction of sp³-hybridized carbons (Fsp3) is 0.167. The minimum Gasteiger partial charge on any atom is -0.343 e. The predicted octanol–water partition coefficient (Wildman–Crippen LogP) is 3.71. The number of pyridine rings is 1. The summed E-state index contributed by atoms with van der Waals surface area (Å²) in [5.41, 5.74) is 1.66. The van der Waals surface area contributed by atoms with Crippen LogP contribution in [0.5, 0.6) is 0 Å². The molecule has 7 nitrogen and oxygen atoms in total. The standard InChI is InChI=1S/C24H22FN5O2S/c1-15(20-10-11-21(33-20)17-7-4-3-6-16(17)14-26-2)28-24(32)18-9-12-22(31)30(29-18)19-8-5-13-27-23(19)25/h3-13,15,26H,14H2,1-2H3,(H,28,32)/t15-/m1/s1. The Morgan fingerprint density at radius 2 is 1.94 bits per heavy atom. The van der Waals surface area contributed by atoms with Crippen molar-refractivity contribution in [2.24, 2.45) is 0 Å². The molecule has 33 heavy (non-hydrogen) atoms. The molecule has 0 unspecified atom stereocenters. The molecule has 2 N–H and O–H groups in total. The summed E-state index contributed by atoms with van der Waals surface area (Å²) in [5.74, 6) is -1.31. The Kier molecular flexibility index (Phi) is 6.71. The van der Waals surface area contributed by atoms with Gasteiger partial charge in [-0.05, 0) is 55.4 Å². The lowest BCUT2D eigenvalue weighted by molar-refractivity contribution is 0.0933. The molecule has 168 valence electrons. The lowest BCUT2D eigenvalue weighted by atomic mass is 10.1. The monoisotopic (exact) mass is 463 g/mol. The third kappa shape index (κ3) is 4.89. The van der Waals surface area contributed by atoms with E-state index in [1.807, 2.05) is 38.2 Å². The van der Waals surface area contributed by atoms with Gasteiger partial charge in [0.15, 0.2) is 0 Å². The van der Waals surface area contributed by atoms with Crippen molar-refractivity contribution in [1.29, 1.82) is 0 Å². The third-order valence-corrected chi connectivity index (χ3v) is 6.35. The highest BCUT2D eigenvalue weighted by molar-refractivity contribution is 7.15. The van der Waals surface area contributed by atoms with Gasteiger partial charge in [-0.25, -0.2) is 4.98 Å². The summed E-state index contributed by atoms with van der Waals surface area (Å²) in [4.78, 5) is 30.6. The molecule has 0 aliphatic heterocycles. The first-order valence-electron chi connectivity index (χ1n) is 10.3. The van der Waals surface area contributed by atoms with Crippen LogP contribution in [0.3, 0.4) is 0 Å². The number of thiophene rings is 1. The van der Waals surface area contributed by atoms with Gasteiger partial charge in [-0.2, -0.15) is 14.2 Å². The molecule has 0 radical (unpaired) electrons. The summed E-state index contributed by atoms with van der Waals surface area (Å²) >= 11 is 1.60. The van der Waals surface area contributed by atoms with Crippen LogP contribution in [0, 0.1) is 5.95 Å². The van der Waals surface area contributed by atoms with Crippen molar-refractivity contribution >= 4 is 17.2 Å². The number of halogens is 1. The fourth-order valence-electron chi connectivity index (χ4n) is 3.42. The zero-order valence-electron chi connectivity index (χ0n) is 18.1. The van der Waals surface area contributed by atoms with E-state index in [0.29, 0.717) is 0 Å². The first-order chi connectivity index (χ1) is 16.0. The van der Waals surface area contributed by atoms with Gasteiger partial charge in [0, 0.05) is 28.6 Å². The molecule has 0 bridgehead atoms. The number of rotatable bonds is 7. The van der Waals surface area contributed by atoms with Crippen molar-refractivity contribution in [2.45, 2.75) is 19.5 Å². The highest BCUT2D eigenvalue weighted by atomic mass is 32.1. The van der Waals surface area contributed by atoms with Crippen LogP contribution in [-0.2, 0) is 6.54 Å². The van der Waals surface area contributed by atoms with Crippen molar-refractivity contribution in [3.8, 4) is 16.1 Å². The zero-order chi connectivity index (χ0) is 23.4. The molecule has 0 saturated heterocycles. The molecule has 0 spiro atoms. The van der Waals surface area contributed by atoms with Gasteiger partial charge in [-0.3, -0.25) is 9.59 Å². The van der Waals surface area contributed by atoms with Crippen molar-refractivity contribution in [3.05, 3.63) is 99.3 Å². The molecule has 1 atom stereocenters. The third-order valence-electron chi connectivity index (χ3n) is 5.05. The van der Waals surface area contributed by atoms with Crippen molar-refractivity contribution in [2.75, 3.05) is 7.05 Å². The summed E-state index contributed by atoms with van der Waals surface area (Å²) in [5, 5.41) is 10.1. The molecular formula is C24H22FN5O2S. The van der Waals surface area contributed by atoms with Gasteiger partial charge in [-0.15, -0.1) is 11.3 Å². The highest BCUT2D eigenvalue weighted by Crippen LogP contribution is 2.33. The summed E-state index contributed by atoms with van der Waals surface area (Å²) in [6.07, 6.45) is 1.27.